The third kappa shape index (κ3) is 8.80. The van der Waals surface area contributed by atoms with Gasteiger partial charge in [0.15, 0.2) is 17.0 Å². The van der Waals surface area contributed by atoms with Crippen LogP contribution in [0.25, 0.3) is 21.3 Å². The molecule has 0 amide bonds. The Hall–Kier alpha value is -3.90. The van der Waals surface area contributed by atoms with Crippen LogP contribution in [0.2, 0.25) is 0 Å². The smallest absolute Gasteiger partial charge is 0.247 e. The lowest BCUT2D eigenvalue weighted by Gasteiger charge is -2.35. The predicted molar refractivity (Wildman–Crippen MR) is 218 cm³/mol. The molecule has 3 fully saturated rings. The molecule has 0 bridgehead atoms. The molecule has 0 spiro atoms. The highest BCUT2D eigenvalue weighted by Crippen LogP contribution is 2.41. The van der Waals surface area contributed by atoms with Crippen LogP contribution >= 0.6 is 11.3 Å². The van der Waals surface area contributed by atoms with Crippen LogP contribution < -0.4 is 9.64 Å². The lowest BCUT2D eigenvalue weighted by atomic mass is 9.92. The number of fused-ring (bicyclic) bond motifs is 3. The van der Waals surface area contributed by atoms with Gasteiger partial charge in [-0.1, -0.05) is 61.0 Å². The van der Waals surface area contributed by atoms with Crippen LogP contribution in [0.15, 0.2) is 23.5 Å². The number of halogens is 1. The second-order valence-electron chi connectivity index (χ2n) is 13.8. The summed E-state index contributed by atoms with van der Waals surface area (Å²) in [5.41, 5.74) is 2.20. The van der Waals surface area contributed by atoms with Gasteiger partial charge in [-0.05, 0) is 58.3 Å². The van der Waals surface area contributed by atoms with Crippen LogP contribution in [-0.2, 0) is 16.0 Å². The molecule has 0 saturated carbocycles. The zero-order valence-corrected chi connectivity index (χ0v) is 35.2. The normalized spacial score (nSPS) is 21.6. The Morgan fingerprint density at radius 2 is 1.80 bits per heavy atom. The second-order valence-corrected chi connectivity index (χ2v) is 14.8. The van der Waals surface area contributed by atoms with Gasteiger partial charge in [-0.2, -0.15) is 15.2 Å². The predicted octanol–water partition coefficient (Wildman–Crippen LogP) is 8.38. The molecule has 1 aromatic carbocycles. The number of benzene rings is 1. The average Bonchev–Trinajstić information content (AvgIpc) is 3.98. The van der Waals surface area contributed by atoms with Gasteiger partial charge in [-0.25, -0.2) is 14.4 Å². The maximum absolute atomic E-state index is 15.1. The van der Waals surface area contributed by atoms with Gasteiger partial charge in [0.1, 0.15) is 35.7 Å². The van der Waals surface area contributed by atoms with Crippen molar-refractivity contribution in [3.8, 4) is 11.9 Å². The number of rotatable bonds is 10. The number of anilines is 1. The zero-order valence-electron chi connectivity index (χ0n) is 34.4. The van der Waals surface area contributed by atoms with Gasteiger partial charge in [0, 0.05) is 32.6 Å². The van der Waals surface area contributed by atoms with Gasteiger partial charge in [-0.15, -0.1) is 11.3 Å². The van der Waals surface area contributed by atoms with Crippen molar-refractivity contribution in [2.45, 2.75) is 118 Å². The molecule has 14 heteroatoms. The average molecular weight is 766 g/mol. The SMILES string of the molecule is CC.CC.CC.CCCC1(COc2nc(N3CC4OC(C)(C)OC4C3)nc3c2ncn3Cc2ccc(F)c3sc(/N=C/N(C)C)c(C#N)c23)CCCN1C. The molecule has 3 atom stereocenters. The number of hydrogen-bond acceptors (Lipinski definition) is 11. The van der Waals surface area contributed by atoms with Crippen LogP contribution in [0.1, 0.15) is 99.1 Å². The zero-order chi connectivity index (χ0) is 39.8. The van der Waals surface area contributed by atoms with Crippen molar-refractivity contribution in [1.82, 2.24) is 29.3 Å². The first-order chi connectivity index (χ1) is 26.0. The molecule has 12 nitrogen and oxygen atoms in total. The number of aliphatic imine (C=N–C) groups is 1. The number of hydrogen-bond donors (Lipinski definition) is 0. The van der Waals surface area contributed by atoms with E-state index in [0.717, 1.165) is 37.8 Å². The summed E-state index contributed by atoms with van der Waals surface area (Å²) in [6.45, 7) is 21.1. The first-order valence-electron chi connectivity index (χ1n) is 19.5. The Labute approximate surface area is 324 Å². The number of imidazole rings is 1. The first kappa shape index (κ1) is 42.8. The maximum Gasteiger partial charge on any atom is 0.247 e. The fraction of sp³-hybridized carbons (Fsp3) is 0.625. The molecule has 6 heterocycles. The Morgan fingerprint density at radius 1 is 1.11 bits per heavy atom. The number of nitrogens with zero attached hydrogens (tertiary/aromatic N) is 9. The molecular weight excluding hydrogens is 706 g/mol. The highest BCUT2D eigenvalue weighted by atomic mass is 32.1. The quantitative estimate of drug-likeness (QED) is 0.115. The topological polar surface area (TPSA) is 117 Å². The Bertz CT molecular complexity index is 1900. The summed E-state index contributed by atoms with van der Waals surface area (Å²) in [6, 6.07) is 5.44. The summed E-state index contributed by atoms with van der Waals surface area (Å²) < 4.78 is 36.4. The van der Waals surface area contributed by atoms with Crippen molar-refractivity contribution >= 4 is 49.9 Å². The molecule has 3 aromatic heterocycles. The summed E-state index contributed by atoms with van der Waals surface area (Å²) in [4.78, 5) is 25.5. The fourth-order valence-corrected chi connectivity index (χ4v) is 8.42. The van der Waals surface area contributed by atoms with Crippen LogP contribution in [0.4, 0.5) is 15.3 Å². The third-order valence-corrected chi connectivity index (χ3v) is 10.8. The minimum atomic E-state index is -0.623. The molecular formula is C40H60FN9O3S. The molecule has 4 aromatic rings. The lowest BCUT2D eigenvalue weighted by Crippen LogP contribution is -2.46. The molecule has 0 radical (unpaired) electrons. The number of aromatic nitrogens is 4. The molecule has 54 heavy (non-hydrogen) atoms. The van der Waals surface area contributed by atoms with E-state index >= 15 is 4.39 Å². The largest absolute Gasteiger partial charge is 0.474 e. The Balaban J connectivity index is 0.00000103. The second kappa shape index (κ2) is 18.6. The number of nitriles is 1. The van der Waals surface area contributed by atoms with Crippen LogP contribution in [-0.4, -0.2) is 107 Å². The van der Waals surface area contributed by atoms with E-state index in [1.54, 1.807) is 23.6 Å². The van der Waals surface area contributed by atoms with Crippen molar-refractivity contribution in [2.75, 3.05) is 52.3 Å². The molecule has 0 aliphatic carbocycles. The highest BCUT2D eigenvalue weighted by Gasteiger charge is 2.47. The van der Waals surface area contributed by atoms with Crippen LogP contribution in [0, 0.1) is 17.1 Å². The summed E-state index contributed by atoms with van der Waals surface area (Å²) in [5, 5.41) is 11.2. The molecule has 3 saturated heterocycles. The van der Waals surface area contributed by atoms with Gasteiger partial charge in [0.25, 0.3) is 0 Å². The van der Waals surface area contributed by atoms with E-state index in [-0.39, 0.29) is 23.6 Å². The number of likely N-dealkylation sites (N-methyl/N-ethyl adjacent to an activating group) is 1. The number of ether oxygens (including phenoxy) is 3. The molecule has 3 aliphatic rings. The Kier molecular flexibility index (Phi) is 14.8. The molecule has 0 N–H and O–H groups in total. The van der Waals surface area contributed by atoms with Gasteiger partial charge in [-0.3, -0.25) is 4.90 Å². The van der Waals surface area contributed by atoms with Crippen molar-refractivity contribution < 1.29 is 18.6 Å². The molecule has 3 unspecified atom stereocenters. The number of thiophene rings is 1. The minimum absolute atomic E-state index is 0.0637. The van der Waals surface area contributed by atoms with E-state index in [2.05, 4.69) is 34.8 Å². The van der Waals surface area contributed by atoms with E-state index in [1.807, 2.05) is 74.1 Å². The van der Waals surface area contributed by atoms with E-state index in [4.69, 9.17) is 29.2 Å². The van der Waals surface area contributed by atoms with Crippen molar-refractivity contribution in [1.29, 1.82) is 5.26 Å². The van der Waals surface area contributed by atoms with E-state index in [0.29, 0.717) is 69.9 Å². The molecule has 7 rings (SSSR count). The summed E-state index contributed by atoms with van der Waals surface area (Å²) in [7, 11) is 5.86. The van der Waals surface area contributed by atoms with Crippen LogP contribution in [0.5, 0.6) is 5.88 Å². The van der Waals surface area contributed by atoms with Crippen LogP contribution in [0.3, 0.4) is 0 Å². The van der Waals surface area contributed by atoms with E-state index < -0.39 is 5.79 Å². The standard InChI is InChI=1S/C34H42FN9O3S.3C2H6/c1-7-11-34(12-8-13-42(34)6)18-45-30-27-29(39-32(40-30)43-16-24-25(17-43)47-33(2,3)46-24)44(20-37-27)15-21-9-10-23(35)28-26(21)22(14-36)31(48-28)38-19-41(4)5;3*1-2/h9-10,19-20,24-25H,7-8,11-13,15-18H2,1-6H3;3*1-2H3/b38-19+;;;. The van der Waals surface area contributed by atoms with Gasteiger partial charge >= 0.3 is 0 Å². The maximum atomic E-state index is 15.1. The Morgan fingerprint density at radius 3 is 2.39 bits per heavy atom. The summed E-state index contributed by atoms with van der Waals surface area (Å²) in [6.07, 6.45) is 7.43. The van der Waals surface area contributed by atoms with Crippen molar-refractivity contribution in [3.05, 3.63) is 35.4 Å². The fourth-order valence-electron chi connectivity index (χ4n) is 7.37. The van der Waals surface area contributed by atoms with Crippen molar-refractivity contribution in [2.24, 2.45) is 4.99 Å². The molecule has 296 valence electrons. The lowest BCUT2D eigenvalue weighted by molar-refractivity contribution is -0.147. The van der Waals surface area contributed by atoms with E-state index in [1.165, 1.54) is 17.4 Å². The summed E-state index contributed by atoms with van der Waals surface area (Å²) >= 11 is 1.17. The van der Waals surface area contributed by atoms with Gasteiger partial charge in [0.2, 0.25) is 11.8 Å². The minimum Gasteiger partial charge on any atom is -0.474 e. The summed E-state index contributed by atoms with van der Waals surface area (Å²) in [5.74, 6) is -0.0629. The monoisotopic (exact) mass is 765 g/mol. The third-order valence-electron chi connectivity index (χ3n) is 9.64. The van der Waals surface area contributed by atoms with E-state index in [9.17, 15) is 5.26 Å². The van der Waals surface area contributed by atoms with Crippen molar-refractivity contribution in [3.63, 3.8) is 0 Å². The van der Waals surface area contributed by atoms with Gasteiger partial charge < -0.3 is 28.6 Å². The highest BCUT2D eigenvalue weighted by molar-refractivity contribution is 7.23. The van der Waals surface area contributed by atoms with Gasteiger partial charge in [0.05, 0.1) is 35.0 Å². The molecule has 3 aliphatic heterocycles. The first-order valence-corrected chi connectivity index (χ1v) is 20.3. The number of likely N-dealkylation sites (tertiary alicyclic amines) is 1.